The molecule has 0 aromatic heterocycles. The van der Waals surface area contributed by atoms with Gasteiger partial charge in [-0.2, -0.15) is 0 Å². The van der Waals surface area contributed by atoms with Gasteiger partial charge in [0, 0.05) is 0 Å². The highest BCUT2D eigenvalue weighted by Gasteiger charge is 2.33. The topological polar surface area (TPSA) is 0 Å². The molecule has 0 saturated heterocycles. The fraction of sp³-hybridized carbons (Fsp3) is 1.00. The van der Waals surface area contributed by atoms with Gasteiger partial charge in [-0.15, -0.1) is 0 Å². The van der Waals surface area contributed by atoms with E-state index in [9.17, 15) is 4.39 Å². The summed E-state index contributed by atoms with van der Waals surface area (Å²) in [6.45, 7) is 14.3. The monoisotopic (exact) mass is 188 g/mol. The van der Waals surface area contributed by atoms with E-state index in [0.29, 0.717) is 12.8 Å². The Labute approximate surface area is 82.9 Å². The summed E-state index contributed by atoms with van der Waals surface area (Å²) in [6, 6.07) is 0. The second-order valence-corrected chi connectivity index (χ2v) is 6.89. The van der Waals surface area contributed by atoms with Crippen molar-refractivity contribution in [3.63, 3.8) is 0 Å². The van der Waals surface area contributed by atoms with Crippen molar-refractivity contribution in [2.24, 2.45) is 10.8 Å². The lowest BCUT2D eigenvalue weighted by molar-refractivity contribution is 0.0707. The third-order valence-electron chi connectivity index (χ3n) is 1.80. The molecule has 0 aromatic carbocycles. The fourth-order valence-electron chi connectivity index (χ4n) is 2.27. The van der Waals surface area contributed by atoms with E-state index >= 15 is 0 Å². The Morgan fingerprint density at radius 3 is 1.08 bits per heavy atom. The van der Waals surface area contributed by atoms with Gasteiger partial charge in [-0.05, 0) is 30.6 Å². The average Bonchev–Trinajstić information content (AvgIpc) is 1.43. The summed E-state index contributed by atoms with van der Waals surface area (Å²) in [5, 5.41) is 0. The summed E-state index contributed by atoms with van der Waals surface area (Å²) in [5.41, 5.74) is -0.875. The highest BCUT2D eigenvalue weighted by Crippen LogP contribution is 2.38. The summed E-state index contributed by atoms with van der Waals surface area (Å²) in [5.74, 6) is 0. The number of hydrogen-bond acceptors (Lipinski definition) is 0. The summed E-state index contributed by atoms with van der Waals surface area (Å²) in [6.07, 6.45) is 1.27. The largest absolute Gasteiger partial charge is 0.244 e. The van der Waals surface area contributed by atoms with Crippen LogP contribution in [0.5, 0.6) is 0 Å². The van der Waals surface area contributed by atoms with Crippen LogP contribution in [0.2, 0.25) is 0 Å². The van der Waals surface area contributed by atoms with Gasteiger partial charge in [0.2, 0.25) is 0 Å². The molecule has 0 aliphatic carbocycles. The number of halogens is 1. The first kappa shape index (κ1) is 12.9. The van der Waals surface area contributed by atoms with Gasteiger partial charge in [0.1, 0.15) is 5.67 Å². The predicted octanol–water partition coefficient (Wildman–Crippen LogP) is 4.59. The minimum Gasteiger partial charge on any atom is -0.244 e. The Hall–Kier alpha value is -0.0700. The highest BCUT2D eigenvalue weighted by atomic mass is 19.1. The maximum atomic E-state index is 14.1. The lowest BCUT2D eigenvalue weighted by Gasteiger charge is -2.33. The van der Waals surface area contributed by atoms with Crippen LogP contribution in [0.3, 0.4) is 0 Å². The molecule has 0 atom stereocenters. The molecule has 0 unspecified atom stereocenters. The SMILES string of the molecule is CC(C)(C)CC(C)(F)CC(C)(C)C. The molecule has 0 bridgehead atoms. The van der Waals surface area contributed by atoms with Gasteiger partial charge in [0.25, 0.3) is 0 Å². The van der Waals surface area contributed by atoms with Crippen molar-refractivity contribution in [1.29, 1.82) is 0 Å². The lowest BCUT2D eigenvalue weighted by Crippen LogP contribution is -2.30. The molecule has 13 heavy (non-hydrogen) atoms. The summed E-state index contributed by atoms with van der Waals surface area (Å²) in [4.78, 5) is 0. The molecule has 80 valence electrons. The van der Waals surface area contributed by atoms with Gasteiger partial charge in [-0.25, -0.2) is 4.39 Å². The van der Waals surface area contributed by atoms with Crippen LogP contribution in [0.4, 0.5) is 4.39 Å². The van der Waals surface area contributed by atoms with Crippen LogP contribution < -0.4 is 0 Å². The smallest absolute Gasteiger partial charge is 0.109 e. The molecule has 0 nitrogen and oxygen atoms in total. The average molecular weight is 188 g/mol. The number of rotatable bonds is 2. The lowest BCUT2D eigenvalue weighted by atomic mass is 9.76. The van der Waals surface area contributed by atoms with Gasteiger partial charge in [0.05, 0.1) is 0 Å². The van der Waals surface area contributed by atoms with E-state index in [1.807, 2.05) is 0 Å². The van der Waals surface area contributed by atoms with E-state index < -0.39 is 5.67 Å². The first-order valence-electron chi connectivity index (χ1n) is 5.10. The Bertz CT molecular complexity index is 137. The Morgan fingerprint density at radius 1 is 0.692 bits per heavy atom. The van der Waals surface area contributed by atoms with Crippen molar-refractivity contribution in [3.05, 3.63) is 0 Å². The molecule has 0 rings (SSSR count). The minimum absolute atomic E-state index is 0.0781. The quantitative estimate of drug-likeness (QED) is 0.594. The van der Waals surface area contributed by atoms with Gasteiger partial charge in [0.15, 0.2) is 0 Å². The number of hydrogen-bond donors (Lipinski definition) is 0. The first-order chi connectivity index (χ1) is 5.41. The number of alkyl halides is 1. The van der Waals surface area contributed by atoms with Crippen LogP contribution in [0.25, 0.3) is 0 Å². The molecule has 0 fully saturated rings. The van der Waals surface area contributed by atoms with Crippen LogP contribution in [0.15, 0.2) is 0 Å². The minimum atomic E-state index is -1.03. The molecular formula is C12H25F. The highest BCUT2D eigenvalue weighted by molar-refractivity contribution is 4.84. The molecule has 0 saturated carbocycles. The van der Waals surface area contributed by atoms with Crippen LogP contribution in [-0.4, -0.2) is 5.67 Å². The van der Waals surface area contributed by atoms with Gasteiger partial charge in [-0.1, -0.05) is 41.5 Å². The van der Waals surface area contributed by atoms with Crippen molar-refractivity contribution >= 4 is 0 Å². The van der Waals surface area contributed by atoms with E-state index in [4.69, 9.17) is 0 Å². The molecule has 0 N–H and O–H groups in total. The standard InChI is InChI=1S/C12H25F/c1-10(2,3)8-12(7,13)9-11(4,5)6/h8-9H2,1-7H3. The van der Waals surface area contributed by atoms with E-state index in [1.165, 1.54) is 0 Å². The van der Waals surface area contributed by atoms with Gasteiger partial charge < -0.3 is 0 Å². The molecule has 0 aliphatic rings. The molecule has 0 radical (unpaired) electrons. The zero-order valence-electron chi connectivity index (χ0n) is 10.3. The van der Waals surface area contributed by atoms with Gasteiger partial charge >= 0.3 is 0 Å². The molecular weight excluding hydrogens is 163 g/mol. The van der Waals surface area contributed by atoms with Crippen molar-refractivity contribution < 1.29 is 4.39 Å². The van der Waals surface area contributed by atoms with Crippen LogP contribution in [-0.2, 0) is 0 Å². The van der Waals surface area contributed by atoms with Crippen LogP contribution >= 0.6 is 0 Å². The Balaban J connectivity index is 4.25. The zero-order valence-corrected chi connectivity index (χ0v) is 10.3. The predicted molar refractivity (Wildman–Crippen MR) is 57.7 cm³/mol. The maximum absolute atomic E-state index is 14.1. The van der Waals surface area contributed by atoms with Crippen molar-refractivity contribution in [1.82, 2.24) is 0 Å². The van der Waals surface area contributed by atoms with Gasteiger partial charge in [-0.3, -0.25) is 0 Å². The molecule has 0 heterocycles. The van der Waals surface area contributed by atoms with E-state index in [2.05, 4.69) is 41.5 Å². The van der Waals surface area contributed by atoms with E-state index in [0.717, 1.165) is 0 Å². The normalized spacial score (nSPS) is 14.8. The Morgan fingerprint density at radius 2 is 0.923 bits per heavy atom. The summed E-state index contributed by atoms with van der Waals surface area (Å²) < 4.78 is 14.1. The Kier molecular flexibility index (Phi) is 3.57. The zero-order chi connectivity index (χ0) is 10.9. The molecule has 0 spiro atoms. The second-order valence-electron chi connectivity index (χ2n) is 6.89. The van der Waals surface area contributed by atoms with Crippen molar-refractivity contribution in [2.75, 3.05) is 0 Å². The van der Waals surface area contributed by atoms with Crippen molar-refractivity contribution in [3.8, 4) is 0 Å². The molecule has 0 amide bonds. The molecule has 1 heteroatoms. The van der Waals surface area contributed by atoms with Crippen LogP contribution in [0, 0.1) is 10.8 Å². The fourth-order valence-corrected chi connectivity index (χ4v) is 2.27. The van der Waals surface area contributed by atoms with Crippen molar-refractivity contribution in [2.45, 2.75) is 67.0 Å². The van der Waals surface area contributed by atoms with Crippen LogP contribution in [0.1, 0.15) is 61.3 Å². The maximum Gasteiger partial charge on any atom is 0.109 e. The molecule has 0 aromatic rings. The van der Waals surface area contributed by atoms with E-state index in [-0.39, 0.29) is 10.8 Å². The summed E-state index contributed by atoms with van der Waals surface area (Å²) >= 11 is 0. The van der Waals surface area contributed by atoms with E-state index in [1.54, 1.807) is 6.92 Å². The first-order valence-corrected chi connectivity index (χ1v) is 5.10. The summed E-state index contributed by atoms with van der Waals surface area (Å²) in [7, 11) is 0. The third-order valence-corrected chi connectivity index (χ3v) is 1.80. The third kappa shape index (κ3) is 8.27. The molecule has 0 aliphatic heterocycles. The second kappa shape index (κ2) is 3.59.